The first-order chi connectivity index (χ1) is 9.54. The summed E-state index contributed by atoms with van der Waals surface area (Å²) in [4.78, 5) is 29.6. The van der Waals surface area contributed by atoms with Gasteiger partial charge in [-0.1, -0.05) is 6.08 Å². The molecule has 1 unspecified atom stereocenters. The number of carbonyl (C=O) groups excluding carboxylic acids is 2. The van der Waals surface area contributed by atoms with E-state index in [-0.39, 0.29) is 11.9 Å². The van der Waals surface area contributed by atoms with Gasteiger partial charge < -0.3 is 20.4 Å². The van der Waals surface area contributed by atoms with E-state index < -0.39 is 6.04 Å². The molecule has 1 aliphatic rings. The predicted molar refractivity (Wildman–Crippen MR) is 79.3 cm³/mol. The smallest absolute Gasteiger partial charge is 0.320 e. The van der Waals surface area contributed by atoms with E-state index in [0.717, 1.165) is 0 Å². The molecule has 114 valence electrons. The zero-order valence-corrected chi connectivity index (χ0v) is 12.5. The van der Waals surface area contributed by atoms with Gasteiger partial charge in [-0.3, -0.25) is 4.79 Å². The Bertz CT molecular complexity index is 347. The van der Waals surface area contributed by atoms with Gasteiger partial charge in [-0.25, -0.2) is 4.79 Å². The zero-order chi connectivity index (χ0) is 15.1. The molecule has 0 aliphatic carbocycles. The van der Waals surface area contributed by atoms with Crippen molar-refractivity contribution in [3.63, 3.8) is 0 Å². The van der Waals surface area contributed by atoms with Gasteiger partial charge in [0.2, 0.25) is 5.91 Å². The molecule has 2 N–H and O–H groups in total. The second kappa shape index (κ2) is 7.89. The minimum atomic E-state index is -0.516. The number of amides is 3. The van der Waals surface area contributed by atoms with Gasteiger partial charge in [-0.05, 0) is 20.3 Å². The summed E-state index contributed by atoms with van der Waals surface area (Å²) in [7, 11) is 0. The van der Waals surface area contributed by atoms with Crippen LogP contribution in [0.15, 0.2) is 12.7 Å². The van der Waals surface area contributed by atoms with Crippen LogP contribution in [0.3, 0.4) is 0 Å². The second-order valence-electron chi connectivity index (χ2n) is 4.90. The van der Waals surface area contributed by atoms with Crippen LogP contribution in [0.25, 0.3) is 0 Å². The van der Waals surface area contributed by atoms with Crippen LogP contribution in [0.5, 0.6) is 0 Å². The number of hydrogen-bond acceptors (Lipinski definition) is 3. The van der Waals surface area contributed by atoms with Crippen molar-refractivity contribution in [3.05, 3.63) is 12.7 Å². The van der Waals surface area contributed by atoms with Crippen molar-refractivity contribution in [3.8, 4) is 0 Å². The summed E-state index contributed by atoms with van der Waals surface area (Å²) in [6, 6.07) is -0.463. The summed E-state index contributed by atoms with van der Waals surface area (Å²) in [5, 5.41) is 0. The second-order valence-corrected chi connectivity index (χ2v) is 4.90. The Morgan fingerprint density at radius 1 is 1.20 bits per heavy atom. The van der Waals surface area contributed by atoms with Gasteiger partial charge >= 0.3 is 6.03 Å². The highest BCUT2D eigenvalue weighted by Gasteiger charge is 2.27. The average molecular weight is 282 g/mol. The van der Waals surface area contributed by atoms with Gasteiger partial charge in [0.1, 0.15) is 0 Å². The minimum absolute atomic E-state index is 0.0532. The number of rotatable bonds is 5. The molecule has 1 saturated heterocycles. The molecule has 0 aromatic rings. The molecule has 0 spiro atoms. The molecule has 20 heavy (non-hydrogen) atoms. The molecule has 6 heteroatoms. The number of nitrogens with zero attached hydrogens (tertiary/aromatic N) is 3. The Labute approximate surface area is 121 Å². The lowest BCUT2D eigenvalue weighted by molar-refractivity contribution is -0.134. The van der Waals surface area contributed by atoms with Crippen molar-refractivity contribution in [2.75, 3.05) is 39.3 Å². The molecular weight excluding hydrogens is 256 g/mol. The molecule has 0 bridgehead atoms. The number of nitrogens with two attached hydrogens (primary N) is 1. The topological polar surface area (TPSA) is 69.9 Å². The molecule has 1 aliphatic heterocycles. The highest BCUT2D eigenvalue weighted by atomic mass is 16.2. The molecule has 1 rings (SSSR count). The lowest BCUT2D eigenvalue weighted by Crippen LogP contribution is -2.56. The maximum absolute atomic E-state index is 12.2. The number of piperazine rings is 1. The van der Waals surface area contributed by atoms with E-state index >= 15 is 0 Å². The SMILES string of the molecule is C=CCC(N)C(=O)N1CCN(C(=O)N(CC)CC)CC1. The van der Waals surface area contributed by atoms with Crippen LogP contribution in [0.2, 0.25) is 0 Å². The van der Waals surface area contributed by atoms with Crippen molar-refractivity contribution < 1.29 is 9.59 Å². The quantitative estimate of drug-likeness (QED) is 0.746. The Morgan fingerprint density at radius 2 is 1.70 bits per heavy atom. The maximum atomic E-state index is 12.2. The Morgan fingerprint density at radius 3 is 2.15 bits per heavy atom. The van der Waals surface area contributed by atoms with E-state index in [1.54, 1.807) is 20.8 Å². The highest BCUT2D eigenvalue weighted by molar-refractivity contribution is 5.82. The van der Waals surface area contributed by atoms with Crippen molar-refractivity contribution in [1.29, 1.82) is 0 Å². The van der Waals surface area contributed by atoms with Crippen LogP contribution in [-0.2, 0) is 4.79 Å². The zero-order valence-electron chi connectivity index (χ0n) is 12.5. The minimum Gasteiger partial charge on any atom is -0.338 e. The van der Waals surface area contributed by atoms with Gasteiger partial charge in [0.05, 0.1) is 6.04 Å². The lowest BCUT2D eigenvalue weighted by atomic mass is 10.2. The molecule has 0 aromatic carbocycles. The van der Waals surface area contributed by atoms with Crippen LogP contribution in [0.1, 0.15) is 20.3 Å². The fraction of sp³-hybridized carbons (Fsp3) is 0.714. The molecule has 0 radical (unpaired) electrons. The number of hydrogen-bond donors (Lipinski definition) is 1. The van der Waals surface area contributed by atoms with Crippen LogP contribution in [0, 0.1) is 0 Å². The highest BCUT2D eigenvalue weighted by Crippen LogP contribution is 2.08. The van der Waals surface area contributed by atoms with E-state index in [9.17, 15) is 9.59 Å². The van der Waals surface area contributed by atoms with E-state index in [4.69, 9.17) is 5.73 Å². The Kier molecular flexibility index (Phi) is 6.51. The van der Waals surface area contributed by atoms with Crippen LogP contribution >= 0.6 is 0 Å². The van der Waals surface area contributed by atoms with Crippen LogP contribution in [-0.4, -0.2) is 71.9 Å². The summed E-state index contributed by atoms with van der Waals surface area (Å²) in [5.41, 5.74) is 5.79. The summed E-state index contributed by atoms with van der Waals surface area (Å²) < 4.78 is 0. The number of urea groups is 1. The number of carbonyl (C=O) groups is 2. The molecule has 6 nitrogen and oxygen atoms in total. The van der Waals surface area contributed by atoms with Crippen molar-refractivity contribution >= 4 is 11.9 Å². The van der Waals surface area contributed by atoms with Gasteiger partial charge in [0.15, 0.2) is 0 Å². The Hall–Kier alpha value is -1.56. The molecule has 1 fully saturated rings. The molecule has 1 heterocycles. The van der Waals surface area contributed by atoms with Gasteiger partial charge in [0, 0.05) is 39.3 Å². The van der Waals surface area contributed by atoms with Gasteiger partial charge in [0.25, 0.3) is 0 Å². The first kappa shape index (κ1) is 16.5. The lowest BCUT2D eigenvalue weighted by Gasteiger charge is -2.37. The molecule has 3 amide bonds. The Balaban J connectivity index is 2.49. The standard InChI is InChI=1S/C14H26N4O2/c1-4-7-12(15)13(19)17-8-10-18(11-9-17)14(20)16(5-2)6-3/h4,12H,1,5-11,15H2,2-3H3. The van der Waals surface area contributed by atoms with E-state index in [2.05, 4.69) is 6.58 Å². The van der Waals surface area contributed by atoms with Crippen LogP contribution in [0.4, 0.5) is 4.79 Å². The van der Waals surface area contributed by atoms with E-state index in [1.165, 1.54) is 0 Å². The fourth-order valence-electron chi connectivity index (χ4n) is 2.33. The first-order valence-corrected chi connectivity index (χ1v) is 7.24. The van der Waals surface area contributed by atoms with E-state index in [0.29, 0.717) is 45.7 Å². The normalized spacial score (nSPS) is 16.8. The van der Waals surface area contributed by atoms with Crippen molar-refractivity contribution in [2.24, 2.45) is 5.73 Å². The van der Waals surface area contributed by atoms with Gasteiger partial charge in [-0.2, -0.15) is 0 Å². The summed E-state index contributed by atoms with van der Waals surface area (Å²) in [6.45, 7) is 11.2. The third kappa shape index (κ3) is 3.96. The third-order valence-corrected chi connectivity index (χ3v) is 3.63. The molecule has 0 saturated carbocycles. The van der Waals surface area contributed by atoms with Crippen molar-refractivity contribution in [2.45, 2.75) is 26.3 Å². The van der Waals surface area contributed by atoms with E-state index in [1.807, 2.05) is 13.8 Å². The fourth-order valence-corrected chi connectivity index (χ4v) is 2.33. The largest absolute Gasteiger partial charge is 0.338 e. The summed E-state index contributed by atoms with van der Waals surface area (Å²) in [5.74, 6) is -0.0557. The molecule has 1 atom stereocenters. The maximum Gasteiger partial charge on any atom is 0.320 e. The molecular formula is C14H26N4O2. The van der Waals surface area contributed by atoms with Crippen molar-refractivity contribution in [1.82, 2.24) is 14.7 Å². The summed E-state index contributed by atoms with van der Waals surface area (Å²) >= 11 is 0. The van der Waals surface area contributed by atoms with Crippen LogP contribution < -0.4 is 5.73 Å². The predicted octanol–water partition coefficient (Wildman–Crippen LogP) is 0.496. The average Bonchev–Trinajstić information content (AvgIpc) is 2.48. The first-order valence-electron chi connectivity index (χ1n) is 7.24. The summed E-state index contributed by atoms with van der Waals surface area (Å²) in [6.07, 6.45) is 2.14. The van der Waals surface area contributed by atoms with Gasteiger partial charge in [-0.15, -0.1) is 6.58 Å². The third-order valence-electron chi connectivity index (χ3n) is 3.63. The molecule has 0 aromatic heterocycles. The monoisotopic (exact) mass is 282 g/mol.